The van der Waals surface area contributed by atoms with Crippen molar-refractivity contribution in [2.24, 2.45) is 0 Å². The van der Waals surface area contributed by atoms with Crippen LogP contribution in [-0.4, -0.2) is 6.54 Å². The second-order valence-electron chi connectivity index (χ2n) is 4.80. The van der Waals surface area contributed by atoms with Gasteiger partial charge in [0.1, 0.15) is 5.82 Å². The van der Waals surface area contributed by atoms with Crippen LogP contribution in [0.4, 0.5) is 15.8 Å². The molecule has 0 fully saturated rings. The van der Waals surface area contributed by atoms with E-state index in [9.17, 15) is 4.39 Å². The molecule has 2 aromatic rings. The Bertz CT molecular complexity index is 597. The summed E-state index contributed by atoms with van der Waals surface area (Å²) in [5, 5.41) is 0.681. The summed E-state index contributed by atoms with van der Waals surface area (Å²) < 4.78 is 14.3. The van der Waals surface area contributed by atoms with E-state index in [2.05, 4.69) is 33.0 Å². The SMILES string of the molecule is Fc1cc(CBr)ccc1N1CCCc2ccccc21. The maximum atomic E-state index is 14.3. The van der Waals surface area contributed by atoms with Gasteiger partial charge in [-0.05, 0) is 42.2 Å². The van der Waals surface area contributed by atoms with Gasteiger partial charge >= 0.3 is 0 Å². The van der Waals surface area contributed by atoms with Crippen molar-refractivity contribution < 1.29 is 4.39 Å². The first kappa shape index (κ1) is 12.7. The van der Waals surface area contributed by atoms with Crippen molar-refractivity contribution in [2.45, 2.75) is 18.2 Å². The van der Waals surface area contributed by atoms with Gasteiger partial charge in [0.25, 0.3) is 0 Å². The summed E-state index contributed by atoms with van der Waals surface area (Å²) in [7, 11) is 0. The molecule has 0 unspecified atom stereocenters. The highest BCUT2D eigenvalue weighted by molar-refractivity contribution is 9.08. The van der Waals surface area contributed by atoms with Crippen molar-refractivity contribution >= 4 is 27.3 Å². The highest BCUT2D eigenvalue weighted by atomic mass is 79.9. The van der Waals surface area contributed by atoms with E-state index in [1.54, 1.807) is 6.07 Å². The normalized spacial score (nSPS) is 14.3. The van der Waals surface area contributed by atoms with E-state index in [1.807, 2.05) is 24.3 Å². The Kier molecular flexibility index (Phi) is 3.56. The minimum Gasteiger partial charge on any atom is -0.339 e. The molecule has 3 rings (SSSR count). The molecule has 0 aromatic heterocycles. The van der Waals surface area contributed by atoms with Crippen LogP contribution in [0.2, 0.25) is 0 Å². The van der Waals surface area contributed by atoms with E-state index < -0.39 is 0 Å². The first-order valence-corrected chi connectivity index (χ1v) is 7.61. The summed E-state index contributed by atoms with van der Waals surface area (Å²) in [6.07, 6.45) is 2.14. The molecule has 0 spiro atoms. The van der Waals surface area contributed by atoms with Crippen LogP contribution in [0.15, 0.2) is 42.5 Å². The molecule has 0 amide bonds. The number of alkyl halides is 1. The number of aryl methyl sites for hydroxylation is 1. The van der Waals surface area contributed by atoms with E-state index >= 15 is 0 Å². The minimum atomic E-state index is -0.145. The molecule has 1 heterocycles. The smallest absolute Gasteiger partial charge is 0.147 e. The summed E-state index contributed by atoms with van der Waals surface area (Å²) in [6.45, 7) is 0.877. The van der Waals surface area contributed by atoms with Crippen molar-refractivity contribution in [1.29, 1.82) is 0 Å². The summed E-state index contributed by atoms with van der Waals surface area (Å²) in [6, 6.07) is 13.7. The lowest BCUT2D eigenvalue weighted by Crippen LogP contribution is -2.25. The van der Waals surface area contributed by atoms with Gasteiger partial charge in [-0.1, -0.05) is 40.2 Å². The summed E-state index contributed by atoms with van der Waals surface area (Å²) in [4.78, 5) is 2.09. The molecule has 1 aliphatic heterocycles. The molecular formula is C16H15BrFN. The van der Waals surface area contributed by atoms with Crippen molar-refractivity contribution in [3.05, 3.63) is 59.4 Å². The molecule has 1 aliphatic rings. The van der Waals surface area contributed by atoms with Gasteiger partial charge < -0.3 is 4.90 Å². The molecule has 2 aromatic carbocycles. The molecule has 0 saturated carbocycles. The number of para-hydroxylation sites is 1. The first-order valence-electron chi connectivity index (χ1n) is 6.49. The standard InChI is InChI=1S/C16H15BrFN/c17-11-12-7-8-16(14(18)10-12)19-9-3-5-13-4-1-2-6-15(13)19/h1-2,4,6-8,10H,3,5,9,11H2. The lowest BCUT2D eigenvalue weighted by Gasteiger charge is -2.31. The molecule has 1 nitrogen and oxygen atoms in total. The maximum Gasteiger partial charge on any atom is 0.147 e. The van der Waals surface area contributed by atoms with Crippen LogP contribution in [0, 0.1) is 5.82 Å². The zero-order valence-corrected chi connectivity index (χ0v) is 12.2. The van der Waals surface area contributed by atoms with E-state index in [4.69, 9.17) is 0 Å². The number of halogens is 2. The fourth-order valence-electron chi connectivity index (χ4n) is 2.64. The topological polar surface area (TPSA) is 3.24 Å². The Balaban J connectivity index is 2.04. The van der Waals surface area contributed by atoms with E-state index in [0.29, 0.717) is 11.0 Å². The number of fused-ring (bicyclic) bond motifs is 1. The Labute approximate surface area is 121 Å². The van der Waals surface area contributed by atoms with Crippen molar-refractivity contribution in [1.82, 2.24) is 0 Å². The van der Waals surface area contributed by atoms with E-state index in [1.165, 1.54) is 5.56 Å². The molecule has 0 atom stereocenters. The van der Waals surface area contributed by atoms with Gasteiger partial charge in [0.05, 0.1) is 5.69 Å². The molecule has 0 bridgehead atoms. The highest BCUT2D eigenvalue weighted by Gasteiger charge is 2.20. The van der Waals surface area contributed by atoms with E-state index in [-0.39, 0.29) is 5.82 Å². The molecule has 19 heavy (non-hydrogen) atoms. The van der Waals surface area contributed by atoms with Gasteiger partial charge in [-0.3, -0.25) is 0 Å². The monoisotopic (exact) mass is 319 g/mol. The molecule has 0 saturated heterocycles. The number of rotatable bonds is 2. The zero-order chi connectivity index (χ0) is 13.2. The quantitative estimate of drug-likeness (QED) is 0.718. The van der Waals surface area contributed by atoms with Gasteiger partial charge in [0, 0.05) is 17.6 Å². The second kappa shape index (κ2) is 5.33. The van der Waals surface area contributed by atoms with Gasteiger partial charge in [-0.2, -0.15) is 0 Å². The van der Waals surface area contributed by atoms with Crippen LogP contribution in [0.3, 0.4) is 0 Å². The van der Waals surface area contributed by atoms with Crippen LogP contribution < -0.4 is 4.90 Å². The molecule has 98 valence electrons. The van der Waals surface area contributed by atoms with Crippen molar-refractivity contribution in [2.75, 3.05) is 11.4 Å². The molecule has 0 aliphatic carbocycles. The van der Waals surface area contributed by atoms with E-state index in [0.717, 1.165) is 30.6 Å². The third kappa shape index (κ3) is 2.39. The Morgan fingerprint density at radius 1 is 1.11 bits per heavy atom. The largest absolute Gasteiger partial charge is 0.339 e. The Hall–Kier alpha value is -1.35. The summed E-state index contributed by atoms with van der Waals surface area (Å²) >= 11 is 3.36. The first-order chi connectivity index (χ1) is 9.29. The van der Waals surface area contributed by atoms with Crippen LogP contribution in [0.1, 0.15) is 17.5 Å². The van der Waals surface area contributed by atoms with Crippen molar-refractivity contribution in [3.63, 3.8) is 0 Å². The van der Waals surface area contributed by atoms with Crippen LogP contribution in [0.25, 0.3) is 0 Å². The number of benzene rings is 2. The molecular weight excluding hydrogens is 305 g/mol. The maximum absolute atomic E-state index is 14.3. The minimum absolute atomic E-state index is 0.145. The predicted molar refractivity (Wildman–Crippen MR) is 80.8 cm³/mol. The van der Waals surface area contributed by atoms with Gasteiger partial charge in [0.2, 0.25) is 0 Å². The number of hydrogen-bond donors (Lipinski definition) is 0. The van der Waals surface area contributed by atoms with Crippen LogP contribution in [0.5, 0.6) is 0 Å². The lowest BCUT2D eigenvalue weighted by molar-refractivity contribution is 0.619. The van der Waals surface area contributed by atoms with Crippen LogP contribution >= 0.6 is 15.9 Å². The average Bonchev–Trinajstić information content (AvgIpc) is 2.46. The fourth-order valence-corrected chi connectivity index (χ4v) is 2.99. The average molecular weight is 320 g/mol. The molecule has 0 N–H and O–H groups in total. The third-order valence-electron chi connectivity index (χ3n) is 3.57. The second-order valence-corrected chi connectivity index (χ2v) is 5.36. The lowest BCUT2D eigenvalue weighted by atomic mass is 10.0. The Morgan fingerprint density at radius 3 is 2.74 bits per heavy atom. The molecule has 3 heteroatoms. The summed E-state index contributed by atoms with van der Waals surface area (Å²) in [5.41, 5.74) is 4.08. The zero-order valence-electron chi connectivity index (χ0n) is 10.6. The fraction of sp³-hybridized carbons (Fsp3) is 0.250. The number of hydrogen-bond acceptors (Lipinski definition) is 1. The van der Waals surface area contributed by atoms with Crippen LogP contribution in [-0.2, 0) is 11.8 Å². The van der Waals surface area contributed by atoms with Gasteiger partial charge in [0.15, 0.2) is 0 Å². The van der Waals surface area contributed by atoms with Crippen molar-refractivity contribution in [3.8, 4) is 0 Å². The third-order valence-corrected chi connectivity index (χ3v) is 4.21. The molecule has 0 radical (unpaired) electrons. The Morgan fingerprint density at radius 2 is 1.95 bits per heavy atom. The highest BCUT2D eigenvalue weighted by Crippen LogP contribution is 2.34. The summed E-state index contributed by atoms with van der Waals surface area (Å²) in [5.74, 6) is -0.145. The number of anilines is 2. The van der Waals surface area contributed by atoms with Gasteiger partial charge in [-0.25, -0.2) is 4.39 Å². The number of nitrogens with zero attached hydrogens (tertiary/aromatic N) is 1. The van der Waals surface area contributed by atoms with Gasteiger partial charge in [-0.15, -0.1) is 0 Å². The predicted octanol–water partition coefficient (Wildman–Crippen LogP) is 4.80.